The van der Waals surface area contributed by atoms with Gasteiger partial charge in [0.25, 0.3) is 0 Å². The number of nitrogens with one attached hydrogen (secondary N) is 2. The third-order valence-electron chi connectivity index (χ3n) is 6.27. The second kappa shape index (κ2) is 8.50. The number of para-hydroxylation sites is 2. The molecule has 5 rings (SSSR count). The molecule has 0 aliphatic heterocycles. The number of hydrogen-bond acceptors (Lipinski definition) is 4. The molecule has 1 aliphatic carbocycles. The molecule has 1 fully saturated rings. The number of aromatic nitrogens is 2. The van der Waals surface area contributed by atoms with Crippen molar-refractivity contribution in [3.05, 3.63) is 78.1 Å². The van der Waals surface area contributed by atoms with Crippen LogP contribution in [-0.4, -0.2) is 26.8 Å². The second-order valence-electron chi connectivity index (χ2n) is 8.35. The van der Waals surface area contributed by atoms with Gasteiger partial charge in [-0.15, -0.1) is 0 Å². The fourth-order valence-electron chi connectivity index (χ4n) is 4.57. The molecule has 6 nitrogen and oxygen atoms in total. The number of aliphatic carboxylic acids is 1. The summed E-state index contributed by atoms with van der Waals surface area (Å²) in [4.78, 5) is 31.8. The quantitative estimate of drug-likeness (QED) is 0.328. The number of carbonyl (C=O) groups is 2. The molecule has 4 aromatic rings. The number of halogens is 1. The van der Waals surface area contributed by atoms with Crippen LogP contribution in [0, 0.1) is 17.7 Å². The smallest absolute Gasteiger partial charge is 0.307 e. The molecule has 33 heavy (non-hydrogen) atoms. The van der Waals surface area contributed by atoms with E-state index in [0.29, 0.717) is 41.2 Å². The highest BCUT2D eigenvalue weighted by atomic mass is 19.1. The first-order valence-electron chi connectivity index (χ1n) is 10.9. The lowest BCUT2D eigenvalue weighted by Crippen LogP contribution is -2.25. The molecule has 1 aromatic heterocycles. The third kappa shape index (κ3) is 4.09. The topological polar surface area (TPSA) is 95.1 Å². The number of carboxylic acids is 1. The Kier molecular flexibility index (Phi) is 5.38. The number of Topliss-reactive ketones (excluding diaryl/α,β-unsaturated/α-hetero) is 1. The standard InChI is InChI=1S/C26H22FN3O3/c27-21-14-17(28-26-29-22-6-1-2-7-23(22)30-26)12-13-18(21)15-8-10-16(11-9-15)24(31)19-4-3-5-20(19)25(32)33/h1-2,6-14,19-20H,3-5H2,(H,32,33)(H2,28,29,30)/t19-,20-/m1/s1. The minimum absolute atomic E-state index is 0.155. The van der Waals surface area contributed by atoms with Gasteiger partial charge in [0.05, 0.1) is 17.0 Å². The Balaban J connectivity index is 1.33. The Labute approximate surface area is 189 Å². The summed E-state index contributed by atoms with van der Waals surface area (Å²) >= 11 is 0. The van der Waals surface area contributed by atoms with Crippen LogP contribution < -0.4 is 5.32 Å². The van der Waals surface area contributed by atoms with Crippen LogP contribution in [0.1, 0.15) is 29.6 Å². The molecular formula is C26H22FN3O3. The Morgan fingerprint density at radius 1 is 1.00 bits per heavy atom. The maximum absolute atomic E-state index is 14.9. The average Bonchev–Trinajstić information content (AvgIpc) is 3.46. The largest absolute Gasteiger partial charge is 0.481 e. The maximum Gasteiger partial charge on any atom is 0.307 e. The van der Waals surface area contributed by atoms with Gasteiger partial charge >= 0.3 is 5.97 Å². The SMILES string of the molecule is O=C(O)[C@@H]1CCC[C@H]1C(=O)c1ccc(-c2ccc(Nc3nc4ccccc4[nH]3)cc2F)cc1. The molecule has 1 aliphatic rings. The monoisotopic (exact) mass is 443 g/mol. The fourth-order valence-corrected chi connectivity index (χ4v) is 4.57. The predicted octanol–water partition coefficient (Wildman–Crippen LogP) is 5.80. The van der Waals surface area contributed by atoms with Crippen molar-refractivity contribution in [1.29, 1.82) is 0 Å². The Bertz CT molecular complexity index is 1310. The molecule has 0 saturated heterocycles. The number of fused-ring (bicyclic) bond motifs is 1. The normalized spacial score (nSPS) is 17.8. The van der Waals surface area contributed by atoms with E-state index in [9.17, 15) is 19.1 Å². The van der Waals surface area contributed by atoms with Gasteiger partial charge < -0.3 is 15.4 Å². The number of rotatable bonds is 6. The number of benzene rings is 3. The lowest BCUT2D eigenvalue weighted by atomic mass is 9.88. The van der Waals surface area contributed by atoms with E-state index in [1.807, 2.05) is 24.3 Å². The third-order valence-corrected chi connectivity index (χ3v) is 6.27. The van der Waals surface area contributed by atoms with E-state index in [-0.39, 0.29) is 5.78 Å². The summed E-state index contributed by atoms with van der Waals surface area (Å²) in [6, 6.07) is 19.2. The number of imidazole rings is 1. The van der Waals surface area contributed by atoms with E-state index in [0.717, 1.165) is 17.5 Å². The van der Waals surface area contributed by atoms with E-state index >= 15 is 0 Å². The van der Waals surface area contributed by atoms with E-state index in [4.69, 9.17) is 0 Å². The van der Waals surface area contributed by atoms with Crippen LogP contribution in [-0.2, 0) is 4.79 Å². The van der Waals surface area contributed by atoms with Crippen molar-refractivity contribution in [3.8, 4) is 11.1 Å². The lowest BCUT2D eigenvalue weighted by Gasteiger charge is -2.15. The van der Waals surface area contributed by atoms with Crippen LogP contribution in [0.3, 0.4) is 0 Å². The molecule has 1 saturated carbocycles. The number of ketones is 1. The molecule has 0 unspecified atom stereocenters. The van der Waals surface area contributed by atoms with E-state index in [1.165, 1.54) is 6.07 Å². The molecule has 0 spiro atoms. The molecule has 0 radical (unpaired) electrons. The molecule has 0 amide bonds. The number of H-pyrrole nitrogens is 1. The molecule has 3 aromatic carbocycles. The van der Waals surface area contributed by atoms with Crippen molar-refractivity contribution in [2.24, 2.45) is 11.8 Å². The molecule has 1 heterocycles. The minimum Gasteiger partial charge on any atom is -0.481 e. The van der Waals surface area contributed by atoms with Crippen molar-refractivity contribution < 1.29 is 19.1 Å². The van der Waals surface area contributed by atoms with Crippen LogP contribution in [0.5, 0.6) is 0 Å². The van der Waals surface area contributed by atoms with Crippen LogP contribution in [0.25, 0.3) is 22.2 Å². The summed E-state index contributed by atoms with van der Waals surface area (Å²) in [5.41, 5.74) is 3.77. The lowest BCUT2D eigenvalue weighted by molar-refractivity contribution is -0.142. The van der Waals surface area contributed by atoms with E-state index in [1.54, 1.807) is 36.4 Å². The van der Waals surface area contributed by atoms with Gasteiger partial charge in [0.15, 0.2) is 5.78 Å². The molecular weight excluding hydrogens is 421 g/mol. The molecule has 3 N–H and O–H groups in total. The van der Waals surface area contributed by atoms with Crippen molar-refractivity contribution in [2.45, 2.75) is 19.3 Å². The average molecular weight is 443 g/mol. The molecule has 7 heteroatoms. The zero-order valence-corrected chi connectivity index (χ0v) is 17.7. The summed E-state index contributed by atoms with van der Waals surface area (Å²) in [5, 5.41) is 12.4. The van der Waals surface area contributed by atoms with Gasteiger partial charge in [-0.25, -0.2) is 9.37 Å². The number of nitrogens with zero attached hydrogens (tertiary/aromatic N) is 1. The van der Waals surface area contributed by atoms with Gasteiger partial charge in [0.2, 0.25) is 5.95 Å². The number of carboxylic acid groups (broad SMARTS) is 1. The first-order valence-corrected chi connectivity index (χ1v) is 10.9. The first-order chi connectivity index (χ1) is 16.0. The predicted molar refractivity (Wildman–Crippen MR) is 124 cm³/mol. The van der Waals surface area contributed by atoms with Crippen LogP contribution in [0.15, 0.2) is 66.7 Å². The number of carbonyl (C=O) groups excluding carboxylic acids is 1. The van der Waals surface area contributed by atoms with Gasteiger partial charge in [-0.3, -0.25) is 9.59 Å². The summed E-state index contributed by atoms with van der Waals surface area (Å²) in [6.45, 7) is 0. The van der Waals surface area contributed by atoms with Crippen molar-refractivity contribution in [3.63, 3.8) is 0 Å². The molecule has 166 valence electrons. The van der Waals surface area contributed by atoms with Crippen LogP contribution in [0.2, 0.25) is 0 Å². The Morgan fingerprint density at radius 2 is 1.76 bits per heavy atom. The van der Waals surface area contributed by atoms with Gasteiger partial charge in [-0.2, -0.15) is 0 Å². The summed E-state index contributed by atoms with van der Waals surface area (Å²) in [6.07, 6.45) is 1.86. The maximum atomic E-state index is 14.9. The van der Waals surface area contributed by atoms with Crippen molar-refractivity contribution >= 4 is 34.4 Å². The van der Waals surface area contributed by atoms with Crippen LogP contribution >= 0.6 is 0 Å². The molecule has 0 bridgehead atoms. The Morgan fingerprint density at radius 3 is 2.48 bits per heavy atom. The van der Waals surface area contributed by atoms with Gasteiger partial charge in [-0.05, 0) is 48.7 Å². The molecule has 2 atom stereocenters. The Hall–Kier alpha value is -4.00. The van der Waals surface area contributed by atoms with E-state index in [2.05, 4.69) is 15.3 Å². The second-order valence-corrected chi connectivity index (χ2v) is 8.35. The highest BCUT2D eigenvalue weighted by molar-refractivity contribution is 6.00. The highest BCUT2D eigenvalue weighted by Gasteiger charge is 2.37. The van der Waals surface area contributed by atoms with Crippen molar-refractivity contribution in [2.75, 3.05) is 5.32 Å². The van der Waals surface area contributed by atoms with Gasteiger partial charge in [0.1, 0.15) is 5.82 Å². The fraction of sp³-hybridized carbons (Fsp3) is 0.192. The number of anilines is 2. The van der Waals surface area contributed by atoms with Gasteiger partial charge in [-0.1, -0.05) is 42.8 Å². The van der Waals surface area contributed by atoms with Gasteiger partial charge in [0, 0.05) is 22.7 Å². The first kappa shape index (κ1) is 20.9. The minimum atomic E-state index is -0.916. The van der Waals surface area contributed by atoms with Crippen molar-refractivity contribution in [1.82, 2.24) is 9.97 Å². The number of aromatic amines is 1. The highest BCUT2D eigenvalue weighted by Crippen LogP contribution is 2.35. The zero-order valence-electron chi connectivity index (χ0n) is 17.7. The summed E-state index contributed by atoms with van der Waals surface area (Å²) < 4.78 is 14.9. The van der Waals surface area contributed by atoms with Crippen LogP contribution in [0.4, 0.5) is 16.0 Å². The zero-order chi connectivity index (χ0) is 22.9. The van der Waals surface area contributed by atoms with E-state index < -0.39 is 23.6 Å². The summed E-state index contributed by atoms with van der Waals surface area (Å²) in [7, 11) is 0. The summed E-state index contributed by atoms with van der Waals surface area (Å²) in [5.74, 6) is -2.07. The number of hydrogen-bond donors (Lipinski definition) is 3.